The van der Waals surface area contributed by atoms with E-state index < -0.39 is 111 Å². The van der Waals surface area contributed by atoms with Gasteiger partial charge >= 0.3 is 5.97 Å². The van der Waals surface area contributed by atoms with Gasteiger partial charge in [-0.3, -0.25) is 0 Å². The summed E-state index contributed by atoms with van der Waals surface area (Å²) in [5.41, 5.74) is 2.40. The van der Waals surface area contributed by atoms with Gasteiger partial charge in [0.1, 0.15) is 67.6 Å². The van der Waals surface area contributed by atoms with Crippen molar-refractivity contribution in [3.05, 3.63) is 126 Å². The summed E-state index contributed by atoms with van der Waals surface area (Å²) in [6.45, 7) is -3.08. The summed E-state index contributed by atoms with van der Waals surface area (Å²) < 4.78 is 48.2. The lowest BCUT2D eigenvalue weighted by Gasteiger charge is -2.48. The largest absolute Gasteiger partial charge is 0.450 e. The monoisotopic (exact) mass is 866 g/mol. The Labute approximate surface area is 358 Å². The maximum absolute atomic E-state index is 13.2. The van der Waals surface area contributed by atoms with Gasteiger partial charge in [-0.1, -0.05) is 115 Å². The number of ether oxygens (including phenoxy) is 8. The second-order valence-corrected chi connectivity index (χ2v) is 14.8. The molecule has 3 aliphatic heterocycles. The molecule has 0 spiro atoms. The van der Waals surface area contributed by atoms with Crippen LogP contribution in [0.5, 0.6) is 0 Å². The van der Waals surface area contributed by atoms with Crippen LogP contribution in [0.1, 0.15) is 16.7 Å². The van der Waals surface area contributed by atoms with Crippen LogP contribution < -0.4 is 0 Å². The van der Waals surface area contributed by atoms with Crippen LogP contribution in [0.4, 0.5) is 0 Å². The van der Waals surface area contributed by atoms with Crippen LogP contribution >= 0.6 is 0 Å². The van der Waals surface area contributed by atoms with Crippen molar-refractivity contribution in [2.45, 2.75) is 85.5 Å². The summed E-state index contributed by atoms with van der Waals surface area (Å²) in [4.78, 5) is 13.2. The Morgan fingerprint density at radius 3 is 1.76 bits per heavy atom. The van der Waals surface area contributed by atoms with Crippen molar-refractivity contribution < 1.29 is 83.5 Å². The molecular formula is C45H54O17. The van der Waals surface area contributed by atoms with E-state index in [0.717, 1.165) is 17.2 Å². The first-order valence-electron chi connectivity index (χ1n) is 20.2. The molecule has 3 fully saturated rings. The molecule has 0 radical (unpaired) electrons. The Morgan fingerprint density at radius 1 is 0.613 bits per heavy atom. The van der Waals surface area contributed by atoms with E-state index in [9.17, 15) is 45.6 Å². The molecule has 6 rings (SSSR count). The molecular weight excluding hydrogens is 812 g/mol. The van der Waals surface area contributed by atoms with E-state index in [4.69, 9.17) is 37.9 Å². The highest BCUT2D eigenvalue weighted by Gasteiger charge is 2.62. The normalized spacial score (nSPS) is 34.0. The number of hydrogen-bond donors (Lipinski definition) is 8. The molecule has 3 saturated heterocycles. The van der Waals surface area contributed by atoms with Crippen LogP contribution in [0.25, 0.3) is 18.2 Å². The van der Waals surface area contributed by atoms with Crippen LogP contribution in [0.15, 0.2) is 109 Å². The molecule has 0 unspecified atom stereocenters. The molecule has 3 heterocycles. The molecule has 62 heavy (non-hydrogen) atoms. The van der Waals surface area contributed by atoms with Gasteiger partial charge in [0, 0.05) is 6.08 Å². The van der Waals surface area contributed by atoms with E-state index in [-0.39, 0.29) is 19.8 Å². The molecule has 3 aliphatic rings. The molecule has 3 aromatic rings. The lowest BCUT2D eigenvalue weighted by Crippen LogP contribution is -2.67. The number of aliphatic hydroxyl groups is 8. The van der Waals surface area contributed by atoms with E-state index in [1.165, 1.54) is 6.08 Å². The lowest BCUT2D eigenvalue weighted by molar-refractivity contribution is -0.403. The molecule has 17 nitrogen and oxygen atoms in total. The van der Waals surface area contributed by atoms with Crippen LogP contribution in [-0.4, -0.2) is 172 Å². The summed E-state index contributed by atoms with van der Waals surface area (Å²) in [5.74, 6) is -3.39. The molecule has 8 N–H and O–H groups in total. The molecule has 3 aromatic carbocycles. The SMILES string of the molecule is O=C(/C=C/c1ccccc1)O[C@H]1[C@@H](O)[C@H](CO)O[C@@]1(CO)O[C@H]1O[C@H](COC/C=C/c2ccccc2)[C@@H](O)[C@H](O[C@@H]2O[C@H](CO)[C@@H](O)[C@H](O)[C@H]2O)[C@H]1OC/C=C/c1ccccc1. The van der Waals surface area contributed by atoms with E-state index in [1.54, 1.807) is 48.6 Å². The topological polar surface area (TPSA) is 253 Å². The molecule has 0 aromatic heterocycles. The molecule has 336 valence electrons. The third-order valence-corrected chi connectivity index (χ3v) is 10.5. The molecule has 0 aliphatic carbocycles. The van der Waals surface area contributed by atoms with Crippen molar-refractivity contribution in [2.75, 3.05) is 39.6 Å². The summed E-state index contributed by atoms with van der Waals surface area (Å²) in [7, 11) is 0. The number of carbonyl (C=O) groups is 1. The van der Waals surface area contributed by atoms with Gasteiger partial charge < -0.3 is 78.7 Å². The fourth-order valence-electron chi connectivity index (χ4n) is 7.21. The number of benzene rings is 3. The zero-order valence-corrected chi connectivity index (χ0v) is 33.6. The van der Waals surface area contributed by atoms with E-state index in [0.29, 0.717) is 5.56 Å². The van der Waals surface area contributed by atoms with Gasteiger partial charge in [0.15, 0.2) is 18.7 Å². The minimum Gasteiger partial charge on any atom is -0.450 e. The van der Waals surface area contributed by atoms with Crippen molar-refractivity contribution in [3.8, 4) is 0 Å². The molecule has 0 amide bonds. The minimum absolute atomic E-state index is 0.0536. The number of aliphatic hydroxyl groups excluding tert-OH is 8. The van der Waals surface area contributed by atoms with Gasteiger partial charge in [-0.15, -0.1) is 0 Å². The van der Waals surface area contributed by atoms with Gasteiger partial charge in [0.2, 0.25) is 5.79 Å². The van der Waals surface area contributed by atoms with E-state index in [2.05, 4.69) is 0 Å². The highest BCUT2D eigenvalue weighted by Crippen LogP contribution is 2.40. The first-order valence-corrected chi connectivity index (χ1v) is 20.2. The smallest absolute Gasteiger partial charge is 0.331 e. The highest BCUT2D eigenvalue weighted by atomic mass is 16.8. The average Bonchev–Trinajstić information content (AvgIpc) is 3.56. The Kier molecular flexibility index (Phi) is 17.5. The quantitative estimate of drug-likeness (QED) is 0.0454. The number of rotatable bonds is 19. The van der Waals surface area contributed by atoms with Crippen molar-refractivity contribution in [1.29, 1.82) is 0 Å². The number of carbonyl (C=O) groups excluding carboxylic acids is 1. The Bertz CT molecular complexity index is 1880. The van der Waals surface area contributed by atoms with Gasteiger partial charge in [0.25, 0.3) is 0 Å². The van der Waals surface area contributed by atoms with Crippen LogP contribution in [0, 0.1) is 0 Å². The maximum atomic E-state index is 13.2. The summed E-state index contributed by atoms with van der Waals surface area (Å²) in [6, 6.07) is 27.5. The first-order chi connectivity index (χ1) is 30.1. The summed E-state index contributed by atoms with van der Waals surface area (Å²) in [5, 5.41) is 86.4. The third kappa shape index (κ3) is 11.9. The predicted molar refractivity (Wildman–Crippen MR) is 219 cm³/mol. The Balaban J connectivity index is 1.32. The van der Waals surface area contributed by atoms with E-state index in [1.807, 2.05) is 66.7 Å². The second kappa shape index (κ2) is 22.9. The van der Waals surface area contributed by atoms with Crippen molar-refractivity contribution in [1.82, 2.24) is 0 Å². The standard InChI is InChI=1S/C45H54O17/c46-24-31-35(50)38(53)39(54)43(57-31)60-40-36(51)33(26-55-22-10-18-28-12-4-1-5-13-28)58-44(41(40)56-23-11-19-29-14-6-2-7-15-29)62-45(27-48)42(37(52)32(25-47)61-45)59-34(49)21-20-30-16-8-3-9-17-30/h1-21,31-33,35-44,46-48,50-54H,22-27H2/b18-10+,19-11+,21-20+/t31-,32+,33-,35-,36-,37+,38+,39-,40+,41-,42+,43+,44-,45+/m1/s1. The molecule has 0 saturated carbocycles. The van der Waals surface area contributed by atoms with E-state index >= 15 is 0 Å². The van der Waals surface area contributed by atoms with Crippen LogP contribution in [0.2, 0.25) is 0 Å². The molecule has 17 heteroatoms. The van der Waals surface area contributed by atoms with Crippen molar-refractivity contribution in [3.63, 3.8) is 0 Å². The molecule has 14 atom stereocenters. The zero-order chi connectivity index (χ0) is 44.1. The van der Waals surface area contributed by atoms with Gasteiger partial charge in [-0.05, 0) is 22.8 Å². The number of hydrogen-bond acceptors (Lipinski definition) is 17. The van der Waals surface area contributed by atoms with Crippen LogP contribution in [-0.2, 0) is 42.7 Å². The van der Waals surface area contributed by atoms with Crippen molar-refractivity contribution >= 4 is 24.2 Å². The Hall–Kier alpha value is -4.25. The maximum Gasteiger partial charge on any atom is 0.331 e. The second-order valence-electron chi connectivity index (χ2n) is 14.8. The lowest BCUT2D eigenvalue weighted by atomic mass is 9.96. The van der Waals surface area contributed by atoms with Crippen LogP contribution in [0.3, 0.4) is 0 Å². The summed E-state index contributed by atoms with van der Waals surface area (Å²) >= 11 is 0. The summed E-state index contributed by atoms with van der Waals surface area (Å²) in [6.07, 6.45) is -11.9. The zero-order valence-electron chi connectivity index (χ0n) is 33.6. The molecule has 0 bridgehead atoms. The van der Waals surface area contributed by atoms with Crippen molar-refractivity contribution in [2.24, 2.45) is 0 Å². The fourth-order valence-corrected chi connectivity index (χ4v) is 7.21. The third-order valence-electron chi connectivity index (χ3n) is 10.5. The predicted octanol–water partition coefficient (Wildman–Crippen LogP) is 0.168. The minimum atomic E-state index is -2.44. The van der Waals surface area contributed by atoms with Gasteiger partial charge in [0.05, 0.1) is 33.0 Å². The fraction of sp³-hybridized carbons (Fsp3) is 0.444. The van der Waals surface area contributed by atoms with Gasteiger partial charge in [-0.2, -0.15) is 0 Å². The highest BCUT2D eigenvalue weighted by molar-refractivity contribution is 5.87. The average molecular weight is 867 g/mol. The Morgan fingerprint density at radius 2 is 1.18 bits per heavy atom. The number of esters is 1. The van der Waals surface area contributed by atoms with Gasteiger partial charge in [-0.25, -0.2) is 4.79 Å². The first kappa shape index (κ1) is 47.2.